The molecule has 0 fully saturated rings. The van der Waals surface area contributed by atoms with E-state index in [-0.39, 0.29) is 17.6 Å². The summed E-state index contributed by atoms with van der Waals surface area (Å²) in [7, 11) is 0. The van der Waals surface area contributed by atoms with Gasteiger partial charge in [-0.3, -0.25) is 11.3 Å². The van der Waals surface area contributed by atoms with Gasteiger partial charge in [0.15, 0.2) is 0 Å². The third-order valence-corrected chi connectivity index (χ3v) is 3.53. The standard InChI is InChI=1S/C17H30N2O/c1-6-9-13-10-8-11-14(12-13)15(19-18)16(20-7-2)17(3,4)5/h8,10-12,15-16,19H,6-7,9,18H2,1-5H3. The molecule has 1 aromatic rings. The minimum Gasteiger partial charge on any atom is -0.376 e. The fourth-order valence-corrected chi connectivity index (χ4v) is 2.61. The van der Waals surface area contributed by atoms with Gasteiger partial charge in [0.2, 0.25) is 0 Å². The Morgan fingerprint density at radius 1 is 1.25 bits per heavy atom. The van der Waals surface area contributed by atoms with Crippen molar-refractivity contribution in [2.45, 2.75) is 59.6 Å². The Balaban J connectivity index is 3.06. The molecule has 0 spiro atoms. The second-order valence-electron chi connectivity index (χ2n) is 6.38. The molecule has 3 N–H and O–H groups in total. The Labute approximate surface area is 123 Å². The van der Waals surface area contributed by atoms with Crippen molar-refractivity contribution in [3.63, 3.8) is 0 Å². The van der Waals surface area contributed by atoms with Crippen molar-refractivity contribution >= 4 is 0 Å². The van der Waals surface area contributed by atoms with Crippen LogP contribution in [0.1, 0.15) is 58.2 Å². The van der Waals surface area contributed by atoms with E-state index in [0.29, 0.717) is 6.61 Å². The van der Waals surface area contributed by atoms with Gasteiger partial charge in [0.25, 0.3) is 0 Å². The molecule has 0 aliphatic heterocycles. The Morgan fingerprint density at radius 2 is 1.95 bits per heavy atom. The summed E-state index contributed by atoms with van der Waals surface area (Å²) < 4.78 is 5.97. The lowest BCUT2D eigenvalue weighted by atomic mass is 9.82. The summed E-state index contributed by atoms with van der Waals surface area (Å²) in [6.07, 6.45) is 2.28. The first-order valence-corrected chi connectivity index (χ1v) is 7.60. The highest BCUT2D eigenvalue weighted by Crippen LogP contribution is 2.32. The molecule has 1 aromatic carbocycles. The van der Waals surface area contributed by atoms with Gasteiger partial charge in [-0.05, 0) is 29.9 Å². The Kier molecular flexibility index (Phi) is 6.66. The first kappa shape index (κ1) is 17.2. The van der Waals surface area contributed by atoms with E-state index in [9.17, 15) is 0 Å². The Hall–Kier alpha value is -0.900. The van der Waals surface area contributed by atoms with Crippen molar-refractivity contribution in [1.82, 2.24) is 5.43 Å². The summed E-state index contributed by atoms with van der Waals surface area (Å²) in [6, 6.07) is 8.66. The molecule has 0 amide bonds. The minimum absolute atomic E-state index is 0.00626. The number of nitrogens with two attached hydrogens (primary N) is 1. The molecule has 3 nitrogen and oxygen atoms in total. The molecule has 0 aliphatic rings. The monoisotopic (exact) mass is 278 g/mol. The molecule has 114 valence electrons. The lowest BCUT2D eigenvalue weighted by Gasteiger charge is -2.36. The molecule has 0 aliphatic carbocycles. The molecule has 20 heavy (non-hydrogen) atoms. The zero-order chi connectivity index (χ0) is 15.2. The van der Waals surface area contributed by atoms with Crippen molar-refractivity contribution < 1.29 is 4.74 Å². The summed E-state index contributed by atoms with van der Waals surface area (Å²) in [4.78, 5) is 0. The van der Waals surface area contributed by atoms with Gasteiger partial charge in [-0.25, -0.2) is 0 Å². The van der Waals surface area contributed by atoms with Crippen LogP contribution >= 0.6 is 0 Å². The zero-order valence-corrected chi connectivity index (χ0v) is 13.6. The highest BCUT2D eigenvalue weighted by atomic mass is 16.5. The van der Waals surface area contributed by atoms with Crippen molar-refractivity contribution in [3.05, 3.63) is 35.4 Å². The van der Waals surface area contributed by atoms with E-state index in [1.54, 1.807) is 0 Å². The SMILES string of the molecule is CCCc1cccc(C(NN)C(OCC)C(C)(C)C)c1. The van der Waals surface area contributed by atoms with E-state index in [1.807, 2.05) is 6.92 Å². The summed E-state index contributed by atoms with van der Waals surface area (Å²) in [5.74, 6) is 5.83. The van der Waals surface area contributed by atoms with Gasteiger partial charge >= 0.3 is 0 Å². The summed E-state index contributed by atoms with van der Waals surface area (Å²) in [5.41, 5.74) is 5.53. The van der Waals surface area contributed by atoms with E-state index in [1.165, 1.54) is 11.1 Å². The van der Waals surface area contributed by atoms with Gasteiger partial charge in [0, 0.05) is 6.61 Å². The summed E-state index contributed by atoms with van der Waals surface area (Å²) >= 11 is 0. The Morgan fingerprint density at radius 3 is 2.45 bits per heavy atom. The number of aryl methyl sites for hydroxylation is 1. The van der Waals surface area contributed by atoms with Gasteiger partial charge < -0.3 is 4.74 Å². The van der Waals surface area contributed by atoms with Crippen LogP contribution in [0.15, 0.2) is 24.3 Å². The number of hydrogen-bond acceptors (Lipinski definition) is 3. The van der Waals surface area contributed by atoms with Crippen LogP contribution in [0.3, 0.4) is 0 Å². The van der Waals surface area contributed by atoms with Gasteiger partial charge in [0.05, 0.1) is 12.1 Å². The predicted octanol–water partition coefficient (Wildman–Crippen LogP) is 3.59. The van der Waals surface area contributed by atoms with Crippen LogP contribution in [0.2, 0.25) is 0 Å². The largest absolute Gasteiger partial charge is 0.376 e. The molecule has 0 saturated carbocycles. The second kappa shape index (κ2) is 7.77. The normalized spacial score (nSPS) is 15.1. The van der Waals surface area contributed by atoms with Crippen LogP contribution in [0.5, 0.6) is 0 Å². The van der Waals surface area contributed by atoms with E-state index in [0.717, 1.165) is 12.8 Å². The van der Waals surface area contributed by atoms with E-state index in [2.05, 4.69) is 57.4 Å². The second-order valence-corrected chi connectivity index (χ2v) is 6.38. The molecular formula is C17H30N2O. The van der Waals surface area contributed by atoms with E-state index < -0.39 is 0 Å². The molecule has 2 unspecified atom stereocenters. The average molecular weight is 278 g/mol. The van der Waals surface area contributed by atoms with Crippen LogP contribution in [0.25, 0.3) is 0 Å². The Bertz CT molecular complexity index is 398. The van der Waals surface area contributed by atoms with E-state index >= 15 is 0 Å². The maximum absolute atomic E-state index is 5.97. The van der Waals surface area contributed by atoms with Gasteiger partial charge in [-0.1, -0.05) is 58.4 Å². The fourth-order valence-electron chi connectivity index (χ4n) is 2.61. The highest BCUT2D eigenvalue weighted by Gasteiger charge is 2.33. The topological polar surface area (TPSA) is 47.3 Å². The maximum atomic E-state index is 5.97. The third-order valence-electron chi connectivity index (χ3n) is 3.53. The predicted molar refractivity (Wildman–Crippen MR) is 85.4 cm³/mol. The highest BCUT2D eigenvalue weighted by molar-refractivity contribution is 5.27. The lowest BCUT2D eigenvalue weighted by molar-refractivity contribution is -0.0366. The summed E-state index contributed by atoms with van der Waals surface area (Å²) in [5, 5.41) is 0. The molecule has 0 aromatic heterocycles. The van der Waals surface area contributed by atoms with Gasteiger partial charge in [0.1, 0.15) is 0 Å². The van der Waals surface area contributed by atoms with E-state index in [4.69, 9.17) is 10.6 Å². The van der Waals surface area contributed by atoms with Crippen molar-refractivity contribution in [2.75, 3.05) is 6.61 Å². The first-order chi connectivity index (χ1) is 9.43. The molecule has 0 saturated heterocycles. The quantitative estimate of drug-likeness (QED) is 0.592. The molecule has 0 heterocycles. The molecule has 3 heteroatoms. The van der Waals surface area contributed by atoms with Crippen LogP contribution in [-0.4, -0.2) is 12.7 Å². The van der Waals surface area contributed by atoms with Crippen molar-refractivity contribution in [2.24, 2.45) is 11.3 Å². The summed E-state index contributed by atoms with van der Waals surface area (Å²) in [6.45, 7) is 11.5. The van der Waals surface area contributed by atoms with Gasteiger partial charge in [-0.2, -0.15) is 0 Å². The first-order valence-electron chi connectivity index (χ1n) is 7.60. The number of nitrogens with one attached hydrogen (secondary N) is 1. The molecule has 1 rings (SSSR count). The van der Waals surface area contributed by atoms with Crippen molar-refractivity contribution in [3.8, 4) is 0 Å². The zero-order valence-electron chi connectivity index (χ0n) is 13.6. The molecule has 0 radical (unpaired) electrons. The maximum Gasteiger partial charge on any atom is 0.0830 e. The minimum atomic E-state index is 0.00626. The number of hydrazine groups is 1. The van der Waals surface area contributed by atoms with Gasteiger partial charge in [-0.15, -0.1) is 0 Å². The smallest absolute Gasteiger partial charge is 0.0830 e. The van der Waals surface area contributed by atoms with Crippen LogP contribution in [0, 0.1) is 5.41 Å². The number of rotatable bonds is 7. The van der Waals surface area contributed by atoms with Crippen LogP contribution < -0.4 is 11.3 Å². The molecule has 2 atom stereocenters. The number of ether oxygens (including phenoxy) is 1. The third kappa shape index (κ3) is 4.58. The van der Waals surface area contributed by atoms with Crippen LogP contribution in [-0.2, 0) is 11.2 Å². The number of benzene rings is 1. The van der Waals surface area contributed by atoms with Crippen LogP contribution in [0.4, 0.5) is 0 Å². The fraction of sp³-hybridized carbons (Fsp3) is 0.647. The van der Waals surface area contributed by atoms with Crippen molar-refractivity contribution in [1.29, 1.82) is 0 Å². The average Bonchev–Trinajstić information content (AvgIpc) is 2.38. The number of hydrogen-bond donors (Lipinski definition) is 2. The molecular weight excluding hydrogens is 248 g/mol. The lowest BCUT2D eigenvalue weighted by Crippen LogP contribution is -2.44. The molecule has 0 bridgehead atoms.